The SMILES string of the molecule is CNCC(C)C(=O)N1CCC(OCC2CCCCO2)CC1.Cl. The third kappa shape index (κ3) is 6.03. The van der Waals surface area contributed by atoms with Gasteiger partial charge in [-0.25, -0.2) is 0 Å². The molecule has 1 N–H and O–H groups in total. The van der Waals surface area contributed by atoms with Gasteiger partial charge in [0.15, 0.2) is 0 Å². The molecule has 2 heterocycles. The van der Waals surface area contributed by atoms with E-state index in [-0.39, 0.29) is 30.3 Å². The summed E-state index contributed by atoms with van der Waals surface area (Å²) in [6.45, 7) is 5.97. The van der Waals surface area contributed by atoms with Gasteiger partial charge in [-0.1, -0.05) is 6.92 Å². The number of nitrogens with zero attached hydrogens (tertiary/aromatic N) is 1. The summed E-state index contributed by atoms with van der Waals surface area (Å²) in [6, 6.07) is 0. The largest absolute Gasteiger partial charge is 0.376 e. The molecule has 0 saturated carbocycles. The van der Waals surface area contributed by atoms with Crippen LogP contribution in [0.25, 0.3) is 0 Å². The Bertz CT molecular complexity index is 317. The topological polar surface area (TPSA) is 50.8 Å². The van der Waals surface area contributed by atoms with Crippen LogP contribution in [0.15, 0.2) is 0 Å². The average molecular weight is 335 g/mol. The third-order valence-electron chi connectivity index (χ3n) is 4.48. The molecule has 0 aromatic carbocycles. The van der Waals surface area contributed by atoms with Crippen molar-refractivity contribution in [2.75, 3.05) is 39.9 Å². The highest BCUT2D eigenvalue weighted by Gasteiger charge is 2.26. The maximum atomic E-state index is 12.2. The minimum absolute atomic E-state index is 0. The Morgan fingerprint density at radius 1 is 1.32 bits per heavy atom. The highest BCUT2D eigenvalue weighted by molar-refractivity contribution is 5.85. The number of hydrogen-bond acceptors (Lipinski definition) is 4. The van der Waals surface area contributed by atoms with Gasteiger partial charge in [0.05, 0.1) is 18.8 Å². The molecule has 2 aliphatic heterocycles. The first-order chi connectivity index (χ1) is 10.2. The molecule has 1 amide bonds. The summed E-state index contributed by atoms with van der Waals surface area (Å²) in [6.07, 6.45) is 6.04. The van der Waals surface area contributed by atoms with Crippen molar-refractivity contribution in [2.45, 2.75) is 51.2 Å². The fourth-order valence-electron chi connectivity index (χ4n) is 3.13. The Balaban J connectivity index is 0.00000242. The average Bonchev–Trinajstić information content (AvgIpc) is 2.54. The Labute approximate surface area is 140 Å². The van der Waals surface area contributed by atoms with Crippen molar-refractivity contribution in [3.63, 3.8) is 0 Å². The molecule has 6 heteroatoms. The summed E-state index contributed by atoms with van der Waals surface area (Å²) in [7, 11) is 1.89. The molecule has 2 atom stereocenters. The molecule has 130 valence electrons. The van der Waals surface area contributed by atoms with E-state index in [1.807, 2.05) is 18.9 Å². The fourth-order valence-corrected chi connectivity index (χ4v) is 3.13. The molecule has 0 spiro atoms. The molecule has 2 rings (SSSR count). The van der Waals surface area contributed by atoms with E-state index in [1.165, 1.54) is 12.8 Å². The van der Waals surface area contributed by atoms with Crippen molar-refractivity contribution in [3.05, 3.63) is 0 Å². The molecule has 0 radical (unpaired) electrons. The van der Waals surface area contributed by atoms with Crippen LogP contribution in [-0.2, 0) is 14.3 Å². The van der Waals surface area contributed by atoms with Crippen LogP contribution >= 0.6 is 12.4 Å². The number of likely N-dealkylation sites (tertiary alicyclic amines) is 1. The van der Waals surface area contributed by atoms with E-state index >= 15 is 0 Å². The zero-order valence-electron chi connectivity index (χ0n) is 13.9. The summed E-state index contributed by atoms with van der Waals surface area (Å²) in [5, 5.41) is 3.07. The van der Waals surface area contributed by atoms with Crippen molar-refractivity contribution in [3.8, 4) is 0 Å². The maximum absolute atomic E-state index is 12.2. The molecule has 0 aliphatic carbocycles. The first kappa shape index (κ1) is 19.7. The summed E-state index contributed by atoms with van der Waals surface area (Å²) in [5.41, 5.74) is 0. The monoisotopic (exact) mass is 334 g/mol. The van der Waals surface area contributed by atoms with E-state index in [0.717, 1.165) is 52.1 Å². The lowest BCUT2D eigenvalue weighted by molar-refractivity contribution is -0.138. The number of rotatable bonds is 6. The van der Waals surface area contributed by atoms with Crippen LogP contribution < -0.4 is 5.32 Å². The maximum Gasteiger partial charge on any atom is 0.226 e. The fraction of sp³-hybridized carbons (Fsp3) is 0.938. The lowest BCUT2D eigenvalue weighted by atomic mass is 10.0. The Kier molecular flexibility index (Phi) is 9.33. The van der Waals surface area contributed by atoms with Gasteiger partial charge in [0, 0.05) is 32.2 Å². The van der Waals surface area contributed by atoms with Crippen molar-refractivity contribution in [1.29, 1.82) is 0 Å². The molecule has 5 nitrogen and oxygen atoms in total. The van der Waals surface area contributed by atoms with Crippen LogP contribution in [0.4, 0.5) is 0 Å². The van der Waals surface area contributed by atoms with E-state index in [2.05, 4.69) is 5.32 Å². The summed E-state index contributed by atoms with van der Waals surface area (Å²) >= 11 is 0. The molecule has 0 aromatic rings. The van der Waals surface area contributed by atoms with Crippen LogP contribution in [0.2, 0.25) is 0 Å². The number of hydrogen-bond donors (Lipinski definition) is 1. The molecule has 2 saturated heterocycles. The lowest BCUT2D eigenvalue weighted by Crippen LogP contribution is -2.45. The number of nitrogens with one attached hydrogen (secondary N) is 1. The van der Waals surface area contributed by atoms with Crippen LogP contribution in [0.3, 0.4) is 0 Å². The zero-order valence-corrected chi connectivity index (χ0v) is 14.7. The van der Waals surface area contributed by atoms with Crippen LogP contribution in [0.5, 0.6) is 0 Å². The number of amides is 1. The quantitative estimate of drug-likeness (QED) is 0.805. The Morgan fingerprint density at radius 2 is 2.05 bits per heavy atom. The third-order valence-corrected chi connectivity index (χ3v) is 4.48. The van der Waals surface area contributed by atoms with E-state index in [1.54, 1.807) is 0 Å². The van der Waals surface area contributed by atoms with Gasteiger partial charge in [0.2, 0.25) is 5.91 Å². The van der Waals surface area contributed by atoms with Gasteiger partial charge in [0.1, 0.15) is 0 Å². The lowest BCUT2D eigenvalue weighted by Gasteiger charge is -2.34. The van der Waals surface area contributed by atoms with Crippen molar-refractivity contribution >= 4 is 18.3 Å². The van der Waals surface area contributed by atoms with Gasteiger partial charge in [-0.2, -0.15) is 0 Å². The number of ether oxygens (including phenoxy) is 2. The van der Waals surface area contributed by atoms with Crippen LogP contribution in [0.1, 0.15) is 39.0 Å². The Hall–Kier alpha value is -0.360. The minimum atomic E-state index is 0. The second kappa shape index (κ2) is 10.4. The first-order valence-corrected chi connectivity index (χ1v) is 8.37. The normalized spacial score (nSPS) is 24.6. The first-order valence-electron chi connectivity index (χ1n) is 8.37. The van der Waals surface area contributed by atoms with Crippen molar-refractivity contribution in [1.82, 2.24) is 10.2 Å². The summed E-state index contributed by atoms with van der Waals surface area (Å²) < 4.78 is 11.7. The van der Waals surface area contributed by atoms with Crippen LogP contribution in [0, 0.1) is 5.92 Å². The van der Waals surface area contributed by atoms with Gasteiger partial charge in [-0.05, 0) is 39.2 Å². The zero-order chi connectivity index (χ0) is 15.1. The number of carbonyl (C=O) groups excluding carboxylic acids is 1. The highest BCUT2D eigenvalue weighted by Crippen LogP contribution is 2.18. The van der Waals surface area contributed by atoms with Gasteiger partial charge in [-0.3, -0.25) is 4.79 Å². The molecular formula is C16H31ClN2O3. The van der Waals surface area contributed by atoms with E-state index in [9.17, 15) is 4.79 Å². The van der Waals surface area contributed by atoms with E-state index in [4.69, 9.17) is 9.47 Å². The number of halogens is 1. The van der Waals surface area contributed by atoms with E-state index < -0.39 is 0 Å². The molecule has 22 heavy (non-hydrogen) atoms. The highest BCUT2D eigenvalue weighted by atomic mass is 35.5. The molecular weight excluding hydrogens is 304 g/mol. The van der Waals surface area contributed by atoms with Crippen molar-refractivity contribution in [2.24, 2.45) is 5.92 Å². The predicted octanol–water partition coefficient (Wildman–Crippen LogP) is 1.84. The van der Waals surface area contributed by atoms with Gasteiger partial charge in [0.25, 0.3) is 0 Å². The van der Waals surface area contributed by atoms with Gasteiger partial charge >= 0.3 is 0 Å². The minimum Gasteiger partial charge on any atom is -0.376 e. The number of piperidine rings is 1. The van der Waals surface area contributed by atoms with Gasteiger partial charge < -0.3 is 19.7 Å². The molecule has 2 fully saturated rings. The smallest absolute Gasteiger partial charge is 0.226 e. The van der Waals surface area contributed by atoms with E-state index in [0.29, 0.717) is 6.10 Å². The molecule has 2 unspecified atom stereocenters. The molecule has 0 bridgehead atoms. The molecule has 2 aliphatic rings. The second-order valence-electron chi connectivity index (χ2n) is 6.31. The summed E-state index contributed by atoms with van der Waals surface area (Å²) in [4.78, 5) is 14.2. The predicted molar refractivity (Wildman–Crippen MR) is 89.5 cm³/mol. The Morgan fingerprint density at radius 3 is 2.64 bits per heavy atom. The van der Waals surface area contributed by atoms with Gasteiger partial charge in [-0.15, -0.1) is 12.4 Å². The van der Waals surface area contributed by atoms with Crippen molar-refractivity contribution < 1.29 is 14.3 Å². The second-order valence-corrected chi connectivity index (χ2v) is 6.31. The summed E-state index contributed by atoms with van der Waals surface area (Å²) in [5.74, 6) is 0.321. The number of carbonyl (C=O) groups is 1. The standard InChI is InChI=1S/C16H30N2O3.ClH/c1-13(11-17-2)16(19)18-8-6-14(7-9-18)21-12-15-5-3-4-10-20-15;/h13-15,17H,3-12H2,1-2H3;1H. The molecule has 0 aromatic heterocycles. The van der Waals surface area contributed by atoms with Crippen LogP contribution in [-0.4, -0.2) is 62.9 Å².